The largest absolute Gasteiger partial charge is 0.497 e. The van der Waals surface area contributed by atoms with Gasteiger partial charge in [-0.25, -0.2) is 13.1 Å². The summed E-state index contributed by atoms with van der Waals surface area (Å²) in [6.07, 6.45) is 5.39. The van der Waals surface area contributed by atoms with Crippen molar-refractivity contribution < 1.29 is 13.2 Å². The number of aryl methyl sites for hydroxylation is 1. The molecule has 2 aromatic rings. The normalized spacial score (nSPS) is 17.2. The van der Waals surface area contributed by atoms with Gasteiger partial charge in [-0.2, -0.15) is 11.3 Å². The third-order valence-corrected chi connectivity index (χ3v) is 7.37. The molecule has 0 amide bonds. The Balaban J connectivity index is 1.59. The van der Waals surface area contributed by atoms with Gasteiger partial charge in [0.05, 0.1) is 12.9 Å². The Bertz CT molecular complexity index is 797. The molecule has 5 nitrogen and oxygen atoms in total. The standard InChI is InChI=1S/C21H30N2O3S2/c1-26-20-8-6-18(7-9-20)11-15-28(24,25)22-16-21(19-10-14-27-17-19)23-12-4-2-3-5-13-23/h6-10,14,17,21-22H,2-5,11-13,15-16H2,1H3. The zero-order chi connectivity index (χ0) is 19.8. The van der Waals surface area contributed by atoms with Crippen molar-refractivity contribution in [2.75, 3.05) is 32.5 Å². The molecule has 28 heavy (non-hydrogen) atoms. The highest BCUT2D eigenvalue weighted by atomic mass is 32.2. The minimum absolute atomic E-state index is 0.0929. The average molecular weight is 423 g/mol. The van der Waals surface area contributed by atoms with Crippen LogP contribution in [0.1, 0.15) is 42.9 Å². The second-order valence-electron chi connectivity index (χ2n) is 7.29. The number of nitrogens with zero attached hydrogens (tertiary/aromatic N) is 1. The molecule has 1 aromatic heterocycles. The maximum absolute atomic E-state index is 12.6. The number of benzene rings is 1. The van der Waals surface area contributed by atoms with Crippen LogP contribution in [-0.2, 0) is 16.4 Å². The van der Waals surface area contributed by atoms with E-state index in [1.165, 1.54) is 31.2 Å². The molecule has 1 unspecified atom stereocenters. The van der Waals surface area contributed by atoms with Gasteiger partial charge in [0.2, 0.25) is 10.0 Å². The maximum atomic E-state index is 12.6. The minimum atomic E-state index is -3.33. The van der Waals surface area contributed by atoms with Crippen molar-refractivity contribution in [3.8, 4) is 5.75 Å². The van der Waals surface area contributed by atoms with Gasteiger partial charge >= 0.3 is 0 Å². The van der Waals surface area contributed by atoms with E-state index in [1.807, 2.05) is 24.3 Å². The number of methoxy groups -OCH3 is 1. The van der Waals surface area contributed by atoms with Crippen LogP contribution in [0, 0.1) is 0 Å². The van der Waals surface area contributed by atoms with Gasteiger partial charge in [0.15, 0.2) is 0 Å². The summed E-state index contributed by atoms with van der Waals surface area (Å²) >= 11 is 1.67. The first kappa shape index (κ1) is 21.3. The lowest BCUT2D eigenvalue weighted by Gasteiger charge is -2.30. The lowest BCUT2D eigenvalue weighted by Crippen LogP contribution is -2.39. The Morgan fingerprint density at radius 1 is 1.11 bits per heavy atom. The van der Waals surface area contributed by atoms with Gasteiger partial charge in [-0.3, -0.25) is 4.90 Å². The highest BCUT2D eigenvalue weighted by molar-refractivity contribution is 7.89. The fourth-order valence-corrected chi connectivity index (χ4v) is 5.42. The number of rotatable bonds is 9. The summed E-state index contributed by atoms with van der Waals surface area (Å²) < 4.78 is 33.2. The fraction of sp³-hybridized carbons (Fsp3) is 0.524. The van der Waals surface area contributed by atoms with Crippen LogP contribution >= 0.6 is 11.3 Å². The molecule has 1 aromatic carbocycles. The van der Waals surface area contributed by atoms with E-state index in [0.29, 0.717) is 13.0 Å². The fourth-order valence-electron chi connectivity index (χ4n) is 3.65. The van der Waals surface area contributed by atoms with E-state index in [9.17, 15) is 8.42 Å². The summed E-state index contributed by atoms with van der Waals surface area (Å²) in [5.74, 6) is 0.871. The van der Waals surface area contributed by atoms with E-state index in [2.05, 4.69) is 26.4 Å². The molecule has 1 aliphatic rings. The third-order valence-electron chi connectivity index (χ3n) is 5.32. The molecule has 1 fully saturated rings. The van der Waals surface area contributed by atoms with Crippen LogP contribution in [0.2, 0.25) is 0 Å². The molecule has 0 spiro atoms. The van der Waals surface area contributed by atoms with E-state index in [0.717, 1.165) is 24.4 Å². The molecule has 0 radical (unpaired) electrons. The molecule has 1 aliphatic heterocycles. The van der Waals surface area contributed by atoms with Gasteiger partial charge in [0, 0.05) is 12.6 Å². The van der Waals surface area contributed by atoms with Crippen LogP contribution < -0.4 is 9.46 Å². The highest BCUT2D eigenvalue weighted by Crippen LogP contribution is 2.25. The summed E-state index contributed by atoms with van der Waals surface area (Å²) in [6.45, 7) is 2.50. The van der Waals surface area contributed by atoms with Crippen LogP contribution in [0.3, 0.4) is 0 Å². The summed E-state index contributed by atoms with van der Waals surface area (Å²) in [5, 5.41) is 4.21. The molecule has 0 saturated carbocycles. The predicted octanol–water partition coefficient (Wildman–Crippen LogP) is 3.84. The van der Waals surface area contributed by atoms with Crippen molar-refractivity contribution in [1.82, 2.24) is 9.62 Å². The summed E-state index contributed by atoms with van der Waals surface area (Å²) in [4.78, 5) is 2.45. The van der Waals surface area contributed by atoms with E-state index < -0.39 is 10.0 Å². The van der Waals surface area contributed by atoms with E-state index >= 15 is 0 Å². The number of thiophene rings is 1. The Hall–Kier alpha value is -1.41. The number of hydrogen-bond acceptors (Lipinski definition) is 5. The number of ether oxygens (including phenoxy) is 1. The zero-order valence-electron chi connectivity index (χ0n) is 16.5. The van der Waals surface area contributed by atoms with Crippen molar-refractivity contribution in [3.05, 3.63) is 52.2 Å². The van der Waals surface area contributed by atoms with Crippen molar-refractivity contribution in [1.29, 1.82) is 0 Å². The van der Waals surface area contributed by atoms with Gasteiger partial charge in [0.1, 0.15) is 5.75 Å². The lowest BCUT2D eigenvalue weighted by atomic mass is 10.1. The summed E-state index contributed by atoms with van der Waals surface area (Å²) in [6, 6.07) is 9.79. The Morgan fingerprint density at radius 2 is 1.82 bits per heavy atom. The summed E-state index contributed by atoms with van der Waals surface area (Å²) in [5.41, 5.74) is 2.21. The van der Waals surface area contributed by atoms with E-state index in [-0.39, 0.29) is 11.8 Å². The van der Waals surface area contributed by atoms with Crippen molar-refractivity contribution in [2.45, 2.75) is 38.1 Å². The van der Waals surface area contributed by atoms with Gasteiger partial charge in [0.25, 0.3) is 0 Å². The minimum Gasteiger partial charge on any atom is -0.497 e. The quantitative estimate of drug-likeness (QED) is 0.667. The molecular weight excluding hydrogens is 392 g/mol. The molecular formula is C21H30N2O3S2. The SMILES string of the molecule is COc1ccc(CCS(=O)(=O)NCC(c2ccsc2)N2CCCCCC2)cc1. The molecule has 0 aliphatic carbocycles. The second kappa shape index (κ2) is 10.4. The first-order valence-corrected chi connectivity index (χ1v) is 12.5. The molecule has 7 heteroatoms. The molecule has 1 saturated heterocycles. The van der Waals surface area contributed by atoms with Gasteiger partial charge in [-0.05, 0) is 72.4 Å². The molecule has 1 N–H and O–H groups in total. The first-order chi connectivity index (χ1) is 13.6. The van der Waals surface area contributed by atoms with E-state index in [4.69, 9.17) is 4.74 Å². The molecule has 1 atom stereocenters. The number of likely N-dealkylation sites (tertiary alicyclic amines) is 1. The van der Waals surface area contributed by atoms with Gasteiger partial charge in [-0.15, -0.1) is 0 Å². The number of hydrogen-bond donors (Lipinski definition) is 1. The predicted molar refractivity (Wildman–Crippen MR) is 116 cm³/mol. The molecule has 2 heterocycles. The van der Waals surface area contributed by atoms with Crippen LogP contribution in [-0.4, -0.2) is 45.8 Å². The van der Waals surface area contributed by atoms with E-state index in [1.54, 1.807) is 18.4 Å². The van der Waals surface area contributed by atoms with Crippen molar-refractivity contribution in [2.24, 2.45) is 0 Å². The Labute approximate surface area is 172 Å². The monoisotopic (exact) mass is 422 g/mol. The van der Waals surface area contributed by atoms with Crippen LogP contribution in [0.4, 0.5) is 0 Å². The zero-order valence-corrected chi connectivity index (χ0v) is 18.1. The van der Waals surface area contributed by atoms with Crippen LogP contribution in [0.25, 0.3) is 0 Å². The second-order valence-corrected chi connectivity index (χ2v) is 9.99. The van der Waals surface area contributed by atoms with Crippen LogP contribution in [0.15, 0.2) is 41.1 Å². The Kier molecular flexibility index (Phi) is 7.91. The highest BCUT2D eigenvalue weighted by Gasteiger charge is 2.23. The number of nitrogens with one attached hydrogen (secondary N) is 1. The van der Waals surface area contributed by atoms with Crippen molar-refractivity contribution >= 4 is 21.4 Å². The lowest BCUT2D eigenvalue weighted by molar-refractivity contribution is 0.206. The third kappa shape index (κ3) is 6.30. The first-order valence-electron chi connectivity index (χ1n) is 9.94. The maximum Gasteiger partial charge on any atom is 0.211 e. The smallest absolute Gasteiger partial charge is 0.211 e. The Morgan fingerprint density at radius 3 is 2.43 bits per heavy atom. The number of sulfonamides is 1. The topological polar surface area (TPSA) is 58.6 Å². The molecule has 154 valence electrons. The molecule has 3 rings (SSSR count). The van der Waals surface area contributed by atoms with Crippen molar-refractivity contribution in [3.63, 3.8) is 0 Å². The van der Waals surface area contributed by atoms with Gasteiger partial charge < -0.3 is 4.74 Å². The van der Waals surface area contributed by atoms with Crippen LogP contribution in [0.5, 0.6) is 5.75 Å². The molecule has 0 bridgehead atoms. The average Bonchev–Trinajstić information content (AvgIpc) is 3.10. The van der Waals surface area contributed by atoms with Gasteiger partial charge in [-0.1, -0.05) is 25.0 Å². The summed E-state index contributed by atoms with van der Waals surface area (Å²) in [7, 11) is -1.71.